The Labute approximate surface area is 79.2 Å². The molecule has 0 amide bonds. The Morgan fingerprint density at radius 1 is 1.08 bits per heavy atom. The van der Waals surface area contributed by atoms with Crippen LogP contribution >= 0.6 is 0 Å². The van der Waals surface area contributed by atoms with E-state index in [9.17, 15) is 0 Å². The van der Waals surface area contributed by atoms with E-state index in [4.69, 9.17) is 0 Å². The van der Waals surface area contributed by atoms with Gasteiger partial charge in [-0.3, -0.25) is 0 Å². The zero-order valence-corrected chi connectivity index (χ0v) is 9.90. The molecule has 0 spiro atoms. The molecule has 1 aromatic rings. The Bertz CT molecular complexity index is 196. The summed E-state index contributed by atoms with van der Waals surface area (Å²) in [5, 5.41) is 1.46. The fraction of sp³-hybridized carbons (Fsp3) is 0.400. The monoisotopic (exact) mass is 227 g/mol. The Balaban J connectivity index is 0.00000121. The molecule has 0 atom stereocenters. The Hall–Kier alpha value is -0.277. The van der Waals surface area contributed by atoms with Crippen LogP contribution in [0.1, 0.15) is 5.56 Å². The van der Waals surface area contributed by atoms with Crippen LogP contribution in [-0.2, 0) is 6.42 Å². The van der Waals surface area contributed by atoms with E-state index in [-0.39, 0.29) is 5.48 Å². The van der Waals surface area contributed by atoms with Crippen molar-refractivity contribution in [2.45, 2.75) is 23.2 Å². The summed E-state index contributed by atoms with van der Waals surface area (Å²) in [4.78, 5) is 0. The van der Waals surface area contributed by atoms with Gasteiger partial charge in [0.05, 0.1) is 0 Å². The first-order valence-electron chi connectivity index (χ1n) is 4.12. The van der Waals surface area contributed by atoms with E-state index >= 15 is 0 Å². The van der Waals surface area contributed by atoms with Crippen molar-refractivity contribution in [2.24, 2.45) is 0 Å². The van der Waals surface area contributed by atoms with Gasteiger partial charge >= 0.3 is 73.4 Å². The minimum absolute atomic E-state index is 0. The van der Waals surface area contributed by atoms with E-state index in [1.165, 1.54) is 17.2 Å². The van der Waals surface area contributed by atoms with Gasteiger partial charge in [-0.25, -0.2) is 0 Å². The van der Waals surface area contributed by atoms with Gasteiger partial charge in [-0.05, 0) is 0 Å². The minimum atomic E-state index is -0.571. The van der Waals surface area contributed by atoms with E-state index in [1.54, 1.807) is 0 Å². The second kappa shape index (κ2) is 6.26. The number of hydrogen-bond donors (Lipinski definition) is 0. The summed E-state index contributed by atoms with van der Waals surface area (Å²) in [6.45, 7) is 0. The van der Waals surface area contributed by atoms with Gasteiger partial charge in [0.2, 0.25) is 0 Å². The average molecular weight is 226 g/mol. The number of aryl methyl sites for hydroxylation is 1. The summed E-state index contributed by atoms with van der Waals surface area (Å²) < 4.78 is 0. The third-order valence-corrected chi connectivity index (χ3v) is 4.38. The SMILES string of the molecule is O.[CH3][Ge]([CH3])[CH2]Cc1ccccc1. The molecule has 0 aliphatic heterocycles. The first kappa shape index (κ1) is 11.7. The summed E-state index contributed by atoms with van der Waals surface area (Å²) in [5.41, 5.74) is 1.50. The van der Waals surface area contributed by atoms with Gasteiger partial charge in [-0.1, -0.05) is 0 Å². The van der Waals surface area contributed by atoms with Gasteiger partial charge in [0.25, 0.3) is 0 Å². The quantitative estimate of drug-likeness (QED) is 0.707. The van der Waals surface area contributed by atoms with Crippen molar-refractivity contribution >= 4 is 14.3 Å². The Morgan fingerprint density at radius 2 is 1.67 bits per heavy atom. The second-order valence-corrected chi connectivity index (χ2v) is 9.31. The average Bonchev–Trinajstić information content (AvgIpc) is 2.03. The molecule has 1 rings (SSSR count). The molecular weight excluding hydrogens is 209 g/mol. The zero-order chi connectivity index (χ0) is 8.10. The number of hydrogen-bond acceptors (Lipinski definition) is 0. The molecule has 0 aliphatic carbocycles. The van der Waals surface area contributed by atoms with E-state index in [2.05, 4.69) is 41.8 Å². The summed E-state index contributed by atoms with van der Waals surface area (Å²) in [6.07, 6.45) is 1.29. The molecular formula is C10H17GeO. The summed E-state index contributed by atoms with van der Waals surface area (Å²) in [5.74, 6) is 4.87. The molecule has 0 aliphatic rings. The van der Waals surface area contributed by atoms with Crippen LogP contribution in [0.25, 0.3) is 0 Å². The summed E-state index contributed by atoms with van der Waals surface area (Å²) >= 11 is -0.571. The molecule has 1 radical (unpaired) electrons. The summed E-state index contributed by atoms with van der Waals surface area (Å²) in [6, 6.07) is 10.8. The maximum absolute atomic E-state index is 2.43. The van der Waals surface area contributed by atoms with E-state index < -0.39 is 14.3 Å². The van der Waals surface area contributed by atoms with Gasteiger partial charge < -0.3 is 5.48 Å². The van der Waals surface area contributed by atoms with Crippen LogP contribution in [0.5, 0.6) is 0 Å². The van der Waals surface area contributed by atoms with Crippen LogP contribution in [0.4, 0.5) is 0 Å². The molecule has 0 bridgehead atoms. The molecule has 1 aromatic carbocycles. The Kier molecular flexibility index (Phi) is 6.12. The van der Waals surface area contributed by atoms with Crippen LogP contribution in [0, 0.1) is 0 Å². The predicted molar refractivity (Wildman–Crippen MR) is 56.0 cm³/mol. The fourth-order valence-corrected chi connectivity index (χ4v) is 2.69. The van der Waals surface area contributed by atoms with Gasteiger partial charge in [0, 0.05) is 0 Å². The molecule has 2 N–H and O–H groups in total. The predicted octanol–water partition coefficient (Wildman–Crippen LogP) is 2.16. The van der Waals surface area contributed by atoms with Crippen LogP contribution in [0.3, 0.4) is 0 Å². The van der Waals surface area contributed by atoms with Gasteiger partial charge in [-0.15, -0.1) is 0 Å². The fourth-order valence-electron chi connectivity index (χ4n) is 1.04. The van der Waals surface area contributed by atoms with Gasteiger partial charge in [0.1, 0.15) is 0 Å². The van der Waals surface area contributed by atoms with Crippen molar-refractivity contribution in [2.75, 3.05) is 0 Å². The molecule has 0 fully saturated rings. The molecule has 12 heavy (non-hydrogen) atoms. The van der Waals surface area contributed by atoms with Crippen LogP contribution < -0.4 is 0 Å². The van der Waals surface area contributed by atoms with Crippen molar-refractivity contribution in [3.05, 3.63) is 35.9 Å². The van der Waals surface area contributed by atoms with Crippen LogP contribution in [0.2, 0.25) is 16.8 Å². The van der Waals surface area contributed by atoms with Gasteiger partial charge in [-0.2, -0.15) is 0 Å². The van der Waals surface area contributed by atoms with Crippen molar-refractivity contribution in [1.82, 2.24) is 0 Å². The van der Waals surface area contributed by atoms with Crippen molar-refractivity contribution in [3.63, 3.8) is 0 Å². The van der Waals surface area contributed by atoms with E-state index in [0.717, 1.165) is 0 Å². The van der Waals surface area contributed by atoms with Crippen LogP contribution in [0.15, 0.2) is 30.3 Å². The van der Waals surface area contributed by atoms with Crippen molar-refractivity contribution < 1.29 is 5.48 Å². The zero-order valence-electron chi connectivity index (χ0n) is 7.80. The molecule has 0 unspecified atom stereocenters. The van der Waals surface area contributed by atoms with E-state index in [0.29, 0.717) is 0 Å². The molecule has 0 aromatic heterocycles. The third kappa shape index (κ3) is 4.57. The van der Waals surface area contributed by atoms with Crippen molar-refractivity contribution in [1.29, 1.82) is 0 Å². The van der Waals surface area contributed by atoms with Crippen molar-refractivity contribution in [3.8, 4) is 0 Å². The van der Waals surface area contributed by atoms with Crippen LogP contribution in [-0.4, -0.2) is 19.8 Å². The molecule has 67 valence electrons. The molecule has 0 saturated carbocycles. The Morgan fingerprint density at radius 3 is 2.17 bits per heavy atom. The first-order chi connectivity index (χ1) is 5.29. The number of rotatable bonds is 3. The van der Waals surface area contributed by atoms with Gasteiger partial charge in [0.15, 0.2) is 0 Å². The maximum atomic E-state index is 2.43. The normalized spacial score (nSPS) is 9.58. The standard InChI is InChI=1S/C10H15Ge.H2O/c1-11(2)9-8-10-6-4-3-5-7-10;/h3-7H,8-9H2,1-2H3;1H2. The first-order valence-corrected chi connectivity index (χ1v) is 9.80. The molecule has 0 saturated heterocycles. The summed E-state index contributed by atoms with van der Waals surface area (Å²) in [7, 11) is 0. The second-order valence-electron chi connectivity index (χ2n) is 3.19. The number of benzene rings is 1. The molecule has 1 nitrogen and oxygen atoms in total. The molecule has 0 heterocycles. The third-order valence-electron chi connectivity index (χ3n) is 1.76. The molecule has 2 heteroatoms. The van der Waals surface area contributed by atoms with E-state index in [1.807, 2.05) is 0 Å². The topological polar surface area (TPSA) is 31.5 Å².